The van der Waals surface area contributed by atoms with Crippen LogP contribution < -0.4 is 15.8 Å². The number of carbonyl (C=O) groups excluding carboxylic acids is 2. The fraction of sp³-hybridized carbons (Fsp3) is 0.389. The van der Waals surface area contributed by atoms with Crippen LogP contribution in [0.4, 0.5) is 0 Å². The predicted molar refractivity (Wildman–Crippen MR) is 177 cm³/mol. The number of aromatic nitrogens is 4. The Morgan fingerprint density at radius 3 is 2.50 bits per heavy atom. The van der Waals surface area contributed by atoms with Gasteiger partial charge in [0.1, 0.15) is 16.9 Å². The molecule has 10 heteroatoms. The molecule has 2 aliphatic carbocycles. The van der Waals surface area contributed by atoms with Crippen LogP contribution in [0.2, 0.25) is 0 Å². The van der Waals surface area contributed by atoms with Crippen molar-refractivity contribution in [1.29, 1.82) is 0 Å². The second-order valence-electron chi connectivity index (χ2n) is 13.3. The van der Waals surface area contributed by atoms with Crippen LogP contribution in [-0.4, -0.2) is 61.6 Å². The van der Waals surface area contributed by atoms with Crippen molar-refractivity contribution >= 4 is 33.9 Å². The Balaban J connectivity index is 1.18. The number of nitrogens with one attached hydrogen (secondary N) is 1. The zero-order chi connectivity index (χ0) is 31.7. The molecule has 2 bridgehead atoms. The number of likely N-dealkylation sites (tertiary alicyclic amines) is 1. The Morgan fingerprint density at radius 1 is 1.02 bits per heavy atom. The van der Waals surface area contributed by atoms with E-state index in [4.69, 9.17) is 20.4 Å². The number of carbonyl (C=O) groups is 2. The van der Waals surface area contributed by atoms with E-state index >= 15 is 0 Å². The number of fused-ring (bicyclic) bond motifs is 4. The van der Waals surface area contributed by atoms with Gasteiger partial charge in [-0.1, -0.05) is 24.3 Å². The number of hydrogen-bond donors (Lipinski definition) is 2. The van der Waals surface area contributed by atoms with Crippen molar-refractivity contribution in [3.05, 3.63) is 65.7 Å². The SMILES string of the molecule is COc1cc(C(=O)N2CC3CCC2C3N)cc2nc(-c3cc4ccc(-c5ccc(CNC(C)=O)cc5)nc4n3CC3CC3)n(C)c12. The molecule has 1 saturated heterocycles. The number of amides is 2. The van der Waals surface area contributed by atoms with Gasteiger partial charge in [0.25, 0.3) is 5.91 Å². The summed E-state index contributed by atoms with van der Waals surface area (Å²) in [7, 11) is 3.65. The van der Waals surface area contributed by atoms with E-state index in [2.05, 4.69) is 44.8 Å². The molecule has 46 heavy (non-hydrogen) atoms. The van der Waals surface area contributed by atoms with E-state index in [1.807, 2.05) is 36.2 Å². The lowest BCUT2D eigenvalue weighted by molar-refractivity contribution is -0.119. The van der Waals surface area contributed by atoms with E-state index in [9.17, 15) is 9.59 Å². The van der Waals surface area contributed by atoms with Crippen molar-refractivity contribution in [3.63, 3.8) is 0 Å². The molecular formula is C36H39N7O3. The molecule has 0 radical (unpaired) electrons. The third-order valence-corrected chi connectivity index (χ3v) is 10.2. The van der Waals surface area contributed by atoms with Crippen LogP contribution >= 0.6 is 0 Å². The minimum Gasteiger partial charge on any atom is -0.494 e. The summed E-state index contributed by atoms with van der Waals surface area (Å²) in [5.74, 6) is 2.39. The van der Waals surface area contributed by atoms with Crippen molar-refractivity contribution in [2.75, 3.05) is 13.7 Å². The highest BCUT2D eigenvalue weighted by atomic mass is 16.5. The van der Waals surface area contributed by atoms with E-state index in [0.29, 0.717) is 29.7 Å². The number of benzene rings is 2. The molecule has 5 aromatic rings. The summed E-state index contributed by atoms with van der Waals surface area (Å²) in [6, 6.07) is 18.4. The van der Waals surface area contributed by atoms with Crippen LogP contribution in [0.25, 0.3) is 44.8 Å². The third-order valence-electron chi connectivity index (χ3n) is 10.2. The highest BCUT2D eigenvalue weighted by Gasteiger charge is 2.47. The average Bonchev–Trinajstić information content (AvgIpc) is 3.47. The first-order valence-corrected chi connectivity index (χ1v) is 16.2. The second kappa shape index (κ2) is 11.0. The van der Waals surface area contributed by atoms with Gasteiger partial charge in [0.2, 0.25) is 5.91 Å². The van der Waals surface area contributed by atoms with Gasteiger partial charge < -0.3 is 29.8 Å². The first kappa shape index (κ1) is 28.8. The Kier molecular flexibility index (Phi) is 6.86. The van der Waals surface area contributed by atoms with Gasteiger partial charge in [-0.25, -0.2) is 9.97 Å². The molecule has 3 N–H and O–H groups in total. The highest BCUT2D eigenvalue weighted by Crippen LogP contribution is 2.40. The quantitative estimate of drug-likeness (QED) is 0.256. The summed E-state index contributed by atoms with van der Waals surface area (Å²) in [5.41, 5.74) is 13.5. The van der Waals surface area contributed by atoms with Crippen LogP contribution in [-0.2, 0) is 24.9 Å². The summed E-state index contributed by atoms with van der Waals surface area (Å²) in [6.07, 6.45) is 4.48. The number of nitrogens with two attached hydrogens (primary N) is 1. The van der Waals surface area contributed by atoms with E-state index in [1.54, 1.807) is 7.11 Å². The maximum atomic E-state index is 13.7. The number of imidazole rings is 1. The summed E-state index contributed by atoms with van der Waals surface area (Å²) in [6.45, 7) is 3.61. The molecular weight excluding hydrogens is 578 g/mol. The first-order chi connectivity index (χ1) is 22.3. The van der Waals surface area contributed by atoms with Crippen LogP contribution in [0.5, 0.6) is 5.75 Å². The van der Waals surface area contributed by atoms with Crippen molar-refractivity contribution in [3.8, 4) is 28.5 Å². The molecule has 3 unspecified atom stereocenters. The third kappa shape index (κ3) is 4.83. The molecule has 3 aliphatic rings. The average molecular weight is 618 g/mol. The Bertz CT molecular complexity index is 2010. The number of aryl methyl sites for hydroxylation is 1. The highest BCUT2D eigenvalue weighted by molar-refractivity contribution is 6.00. The lowest BCUT2D eigenvalue weighted by Crippen LogP contribution is -2.41. The molecule has 4 heterocycles. The molecule has 0 spiro atoms. The van der Waals surface area contributed by atoms with Crippen molar-refractivity contribution < 1.29 is 14.3 Å². The minimum atomic E-state index is -0.0460. The molecule has 3 atom stereocenters. The topological polar surface area (TPSA) is 120 Å². The number of ether oxygens (including phenoxy) is 1. The van der Waals surface area contributed by atoms with Gasteiger partial charge in [-0.05, 0) is 73.4 Å². The molecule has 2 aromatic carbocycles. The standard InChI is InChI=1S/C36H39N7O3/c1-20(44)38-17-21-6-8-23(9-7-21)27-12-10-24-15-30(42(34(24)39-27)18-22-4-5-22)35-40-28-14-26(16-31(46-3)33(28)41(35)2)36(45)43-19-25-11-13-29(43)32(25)37/h6-10,12,14-16,22,25,29,32H,4-5,11,13,17-19,37H2,1-3H3,(H,38,44). The number of nitrogens with zero attached hydrogens (tertiary/aromatic N) is 5. The fourth-order valence-electron chi connectivity index (χ4n) is 7.50. The molecule has 2 saturated carbocycles. The number of rotatable bonds is 8. The number of methoxy groups -OCH3 is 1. The lowest BCUT2D eigenvalue weighted by atomic mass is 10.1. The van der Waals surface area contributed by atoms with E-state index in [-0.39, 0.29) is 23.9 Å². The van der Waals surface area contributed by atoms with E-state index in [0.717, 1.165) is 76.3 Å². The van der Waals surface area contributed by atoms with Crippen molar-refractivity contribution in [2.45, 2.75) is 57.8 Å². The van der Waals surface area contributed by atoms with Crippen molar-refractivity contribution in [2.24, 2.45) is 24.6 Å². The molecule has 236 valence electrons. The van der Waals surface area contributed by atoms with Gasteiger partial charge in [-0.3, -0.25) is 9.59 Å². The molecule has 1 aliphatic heterocycles. The Morgan fingerprint density at radius 2 is 1.83 bits per heavy atom. The monoisotopic (exact) mass is 617 g/mol. The minimum absolute atomic E-state index is 0.00206. The number of pyridine rings is 1. The smallest absolute Gasteiger partial charge is 0.254 e. The van der Waals surface area contributed by atoms with Gasteiger partial charge in [0.15, 0.2) is 5.82 Å². The van der Waals surface area contributed by atoms with Gasteiger partial charge in [-0.2, -0.15) is 0 Å². The van der Waals surface area contributed by atoms with E-state index < -0.39 is 0 Å². The lowest BCUT2D eigenvalue weighted by Gasteiger charge is -2.27. The fourth-order valence-corrected chi connectivity index (χ4v) is 7.50. The van der Waals surface area contributed by atoms with Gasteiger partial charge >= 0.3 is 0 Å². The normalized spacial score (nSPS) is 20.6. The van der Waals surface area contributed by atoms with Crippen LogP contribution in [0.15, 0.2) is 54.6 Å². The van der Waals surface area contributed by atoms with Crippen LogP contribution in [0.1, 0.15) is 48.5 Å². The van der Waals surface area contributed by atoms with Crippen molar-refractivity contribution in [1.82, 2.24) is 29.3 Å². The maximum Gasteiger partial charge on any atom is 0.254 e. The summed E-state index contributed by atoms with van der Waals surface area (Å²) < 4.78 is 10.2. The Labute approximate surface area is 267 Å². The largest absolute Gasteiger partial charge is 0.494 e. The Hall–Kier alpha value is -4.70. The van der Waals surface area contributed by atoms with Gasteiger partial charge in [-0.15, -0.1) is 0 Å². The summed E-state index contributed by atoms with van der Waals surface area (Å²) in [4.78, 5) is 37.3. The summed E-state index contributed by atoms with van der Waals surface area (Å²) >= 11 is 0. The molecule has 3 aromatic heterocycles. The van der Waals surface area contributed by atoms with Gasteiger partial charge in [0, 0.05) is 62.2 Å². The maximum absolute atomic E-state index is 13.7. The summed E-state index contributed by atoms with van der Waals surface area (Å²) in [5, 5.41) is 3.90. The second-order valence-corrected chi connectivity index (χ2v) is 13.3. The first-order valence-electron chi connectivity index (χ1n) is 16.2. The molecule has 3 fully saturated rings. The molecule has 10 nitrogen and oxygen atoms in total. The van der Waals surface area contributed by atoms with E-state index in [1.165, 1.54) is 19.8 Å². The van der Waals surface area contributed by atoms with Crippen LogP contribution in [0, 0.1) is 11.8 Å². The molecule has 2 amide bonds. The predicted octanol–water partition coefficient (Wildman–Crippen LogP) is 4.87. The van der Waals surface area contributed by atoms with Crippen LogP contribution in [0.3, 0.4) is 0 Å². The molecule has 8 rings (SSSR count). The number of piperidine rings is 1. The zero-order valence-electron chi connectivity index (χ0n) is 26.5. The zero-order valence-corrected chi connectivity index (χ0v) is 26.5. The number of hydrogen-bond acceptors (Lipinski definition) is 6. The van der Waals surface area contributed by atoms with Gasteiger partial charge in [0.05, 0.1) is 24.0 Å².